The first-order valence-electron chi connectivity index (χ1n) is 9.70. The summed E-state index contributed by atoms with van der Waals surface area (Å²) in [6, 6.07) is 0.0808. The lowest BCUT2D eigenvalue weighted by Crippen LogP contribution is -2.51. The van der Waals surface area contributed by atoms with E-state index in [0.717, 1.165) is 32.7 Å². The maximum atomic E-state index is 11.9. The molecule has 0 aromatic heterocycles. The van der Waals surface area contributed by atoms with Crippen LogP contribution in [-0.4, -0.2) is 80.9 Å². The van der Waals surface area contributed by atoms with E-state index in [1.807, 2.05) is 0 Å². The second-order valence-electron chi connectivity index (χ2n) is 7.39. The summed E-state index contributed by atoms with van der Waals surface area (Å²) in [6.45, 7) is 8.57. The molecule has 1 aliphatic carbocycles. The molecule has 2 rings (SSSR count). The van der Waals surface area contributed by atoms with Crippen molar-refractivity contribution in [2.45, 2.75) is 57.6 Å². The third-order valence-corrected chi connectivity index (χ3v) is 5.05. The Bertz CT molecular complexity index is 351. The van der Waals surface area contributed by atoms with Crippen molar-refractivity contribution >= 4 is 6.03 Å². The Morgan fingerprint density at radius 2 is 1.79 bits per heavy atom. The Hall–Kier alpha value is -0.850. The molecule has 0 spiro atoms. The van der Waals surface area contributed by atoms with Gasteiger partial charge in [-0.3, -0.25) is 4.90 Å². The van der Waals surface area contributed by atoms with E-state index in [4.69, 9.17) is 4.74 Å². The molecule has 140 valence electrons. The smallest absolute Gasteiger partial charge is 0.315 e. The molecule has 0 radical (unpaired) electrons. The van der Waals surface area contributed by atoms with Crippen molar-refractivity contribution in [1.29, 1.82) is 0 Å². The van der Waals surface area contributed by atoms with Crippen LogP contribution in [-0.2, 0) is 4.74 Å². The number of hydrogen-bond acceptors (Lipinski definition) is 4. The van der Waals surface area contributed by atoms with Crippen LogP contribution in [0.4, 0.5) is 4.79 Å². The van der Waals surface area contributed by atoms with Crippen molar-refractivity contribution in [1.82, 2.24) is 20.4 Å². The van der Waals surface area contributed by atoms with Crippen molar-refractivity contribution in [2.24, 2.45) is 0 Å². The van der Waals surface area contributed by atoms with Crippen LogP contribution in [0.5, 0.6) is 0 Å². The van der Waals surface area contributed by atoms with Crippen molar-refractivity contribution in [2.75, 3.05) is 52.9 Å². The molecule has 2 aliphatic rings. The van der Waals surface area contributed by atoms with Gasteiger partial charge in [-0.05, 0) is 26.8 Å². The number of piperazine rings is 1. The zero-order valence-corrected chi connectivity index (χ0v) is 15.6. The van der Waals surface area contributed by atoms with Crippen molar-refractivity contribution < 1.29 is 9.53 Å². The van der Waals surface area contributed by atoms with Crippen LogP contribution in [0.1, 0.15) is 45.4 Å². The predicted molar refractivity (Wildman–Crippen MR) is 97.4 cm³/mol. The van der Waals surface area contributed by atoms with Crippen molar-refractivity contribution in [3.63, 3.8) is 0 Å². The third kappa shape index (κ3) is 7.81. The second kappa shape index (κ2) is 10.9. The molecule has 6 nitrogen and oxygen atoms in total. The highest BCUT2D eigenvalue weighted by Gasteiger charge is 2.17. The van der Waals surface area contributed by atoms with Crippen molar-refractivity contribution in [3.05, 3.63) is 0 Å². The minimum atomic E-state index is -0.0823. The Labute approximate surface area is 147 Å². The van der Waals surface area contributed by atoms with E-state index in [1.54, 1.807) is 0 Å². The van der Waals surface area contributed by atoms with Crippen LogP contribution in [0.15, 0.2) is 0 Å². The highest BCUT2D eigenvalue weighted by atomic mass is 16.5. The lowest BCUT2D eigenvalue weighted by molar-refractivity contribution is 0.0460. The summed E-state index contributed by atoms with van der Waals surface area (Å²) >= 11 is 0. The summed E-state index contributed by atoms with van der Waals surface area (Å²) in [6.07, 6.45) is 7.98. The largest absolute Gasteiger partial charge is 0.376 e. The number of urea groups is 1. The number of carbonyl (C=O) groups excluding carboxylic acids is 1. The maximum Gasteiger partial charge on any atom is 0.315 e. The predicted octanol–water partition coefficient (Wildman–Crippen LogP) is 1.66. The molecule has 2 N–H and O–H groups in total. The molecule has 0 aromatic carbocycles. The number of rotatable bonds is 7. The van der Waals surface area contributed by atoms with Crippen molar-refractivity contribution in [3.8, 4) is 0 Å². The minimum Gasteiger partial charge on any atom is -0.376 e. The number of amides is 2. The van der Waals surface area contributed by atoms with E-state index in [-0.39, 0.29) is 12.1 Å². The van der Waals surface area contributed by atoms with Gasteiger partial charge in [-0.1, -0.05) is 25.7 Å². The topological polar surface area (TPSA) is 56.8 Å². The molecular formula is C18H36N4O2. The standard InChI is InChI=1S/C18H36N4O2/c1-16(15-22-12-10-21(2)11-13-22)20-18(23)19-9-14-24-17-7-5-3-4-6-8-17/h16-17H,3-15H2,1-2H3,(H2,19,20,23). The molecular weight excluding hydrogens is 304 g/mol. The van der Waals surface area contributed by atoms with Gasteiger partial charge < -0.3 is 20.3 Å². The Morgan fingerprint density at radius 1 is 1.12 bits per heavy atom. The molecule has 1 heterocycles. The summed E-state index contributed by atoms with van der Waals surface area (Å²) in [7, 11) is 2.16. The van der Waals surface area contributed by atoms with Crippen LogP contribution in [0, 0.1) is 0 Å². The maximum absolute atomic E-state index is 11.9. The average Bonchev–Trinajstić information content (AvgIpc) is 2.82. The van der Waals surface area contributed by atoms with Gasteiger partial charge in [0, 0.05) is 45.3 Å². The fraction of sp³-hybridized carbons (Fsp3) is 0.944. The summed E-state index contributed by atoms with van der Waals surface area (Å²) in [5, 5.41) is 5.94. The lowest BCUT2D eigenvalue weighted by Gasteiger charge is -2.34. The number of nitrogens with one attached hydrogen (secondary N) is 2. The molecule has 0 bridgehead atoms. The molecule has 0 aromatic rings. The molecule has 2 fully saturated rings. The molecule has 1 unspecified atom stereocenters. The van der Waals surface area contributed by atoms with E-state index in [0.29, 0.717) is 19.3 Å². The fourth-order valence-electron chi connectivity index (χ4n) is 3.54. The minimum absolute atomic E-state index is 0.0823. The van der Waals surface area contributed by atoms with E-state index >= 15 is 0 Å². The Morgan fingerprint density at radius 3 is 2.46 bits per heavy atom. The van der Waals surface area contributed by atoms with Crippen LogP contribution in [0.25, 0.3) is 0 Å². The number of nitrogens with zero attached hydrogens (tertiary/aromatic N) is 2. The number of hydrogen-bond donors (Lipinski definition) is 2. The van der Waals surface area contributed by atoms with Crippen LogP contribution in [0.3, 0.4) is 0 Å². The zero-order valence-electron chi connectivity index (χ0n) is 15.6. The van der Waals surface area contributed by atoms with Gasteiger partial charge in [0.2, 0.25) is 0 Å². The lowest BCUT2D eigenvalue weighted by atomic mass is 10.1. The summed E-state index contributed by atoms with van der Waals surface area (Å²) in [5.41, 5.74) is 0. The fourth-order valence-corrected chi connectivity index (χ4v) is 3.54. The quantitative estimate of drug-likeness (QED) is 0.547. The second-order valence-corrected chi connectivity index (χ2v) is 7.39. The Kier molecular flexibility index (Phi) is 8.84. The van der Waals surface area contributed by atoms with Gasteiger partial charge in [0.25, 0.3) is 0 Å². The summed E-state index contributed by atoms with van der Waals surface area (Å²) in [5.74, 6) is 0. The third-order valence-electron chi connectivity index (χ3n) is 5.05. The van der Waals surface area contributed by atoms with Gasteiger partial charge in [0.15, 0.2) is 0 Å². The average molecular weight is 341 g/mol. The van der Waals surface area contributed by atoms with Gasteiger partial charge in [-0.25, -0.2) is 4.79 Å². The van der Waals surface area contributed by atoms with Gasteiger partial charge >= 0.3 is 6.03 Å². The van der Waals surface area contributed by atoms with E-state index in [2.05, 4.69) is 34.4 Å². The normalized spacial score (nSPS) is 22.8. The molecule has 24 heavy (non-hydrogen) atoms. The van der Waals surface area contributed by atoms with E-state index in [9.17, 15) is 4.79 Å². The van der Waals surface area contributed by atoms with Crippen LogP contribution in [0.2, 0.25) is 0 Å². The number of ether oxygens (including phenoxy) is 1. The Balaban J connectivity index is 1.50. The number of carbonyl (C=O) groups is 1. The summed E-state index contributed by atoms with van der Waals surface area (Å²) in [4.78, 5) is 16.7. The highest BCUT2D eigenvalue weighted by Crippen LogP contribution is 2.19. The number of likely N-dealkylation sites (N-methyl/N-ethyl adjacent to an activating group) is 1. The SMILES string of the molecule is CC(CN1CCN(C)CC1)NC(=O)NCCOC1CCCCCC1. The first-order chi connectivity index (χ1) is 11.6. The zero-order chi connectivity index (χ0) is 17.2. The van der Waals surface area contributed by atoms with Crippen LogP contribution >= 0.6 is 0 Å². The van der Waals surface area contributed by atoms with Gasteiger partial charge in [-0.15, -0.1) is 0 Å². The van der Waals surface area contributed by atoms with Gasteiger partial charge in [0.1, 0.15) is 0 Å². The molecule has 6 heteroatoms. The summed E-state index contributed by atoms with van der Waals surface area (Å²) < 4.78 is 5.89. The van der Waals surface area contributed by atoms with E-state index in [1.165, 1.54) is 38.5 Å². The molecule has 1 atom stereocenters. The van der Waals surface area contributed by atoms with E-state index < -0.39 is 0 Å². The van der Waals surface area contributed by atoms with Crippen LogP contribution < -0.4 is 10.6 Å². The monoisotopic (exact) mass is 340 g/mol. The molecule has 1 aliphatic heterocycles. The molecule has 1 saturated heterocycles. The van der Waals surface area contributed by atoms with Gasteiger partial charge in [-0.2, -0.15) is 0 Å². The van der Waals surface area contributed by atoms with Gasteiger partial charge in [0.05, 0.1) is 12.7 Å². The first-order valence-corrected chi connectivity index (χ1v) is 9.70. The molecule has 1 saturated carbocycles. The first kappa shape index (κ1) is 19.5. The molecule has 2 amide bonds. The highest BCUT2D eigenvalue weighted by molar-refractivity contribution is 5.74.